The third-order valence-electron chi connectivity index (χ3n) is 6.29. The molecule has 0 aromatic heterocycles. The Hall–Kier alpha value is -1.77. The molecule has 9 nitrogen and oxygen atoms in total. The Kier molecular flexibility index (Phi) is 28.1. The van der Waals surface area contributed by atoms with Crippen LogP contribution >= 0.6 is 7.82 Å². The van der Waals surface area contributed by atoms with E-state index in [1.807, 2.05) is 0 Å². The Morgan fingerprint density at radius 3 is 1.95 bits per heavy atom. The second-order valence-corrected chi connectivity index (χ2v) is 11.8. The molecule has 3 N–H and O–H groups in total. The van der Waals surface area contributed by atoms with Gasteiger partial charge < -0.3 is 20.1 Å². The van der Waals surface area contributed by atoms with E-state index in [0.29, 0.717) is 6.42 Å². The Morgan fingerprint density at radius 2 is 1.31 bits per heavy atom. The molecule has 2 atom stereocenters. The molecule has 0 spiro atoms. The summed E-state index contributed by atoms with van der Waals surface area (Å²) in [4.78, 5) is 34.4. The molecule has 0 fully saturated rings. The molecule has 0 aromatic rings. The minimum absolute atomic E-state index is 0.0481. The van der Waals surface area contributed by atoms with Gasteiger partial charge in [-0.2, -0.15) is 0 Å². The van der Waals surface area contributed by atoms with E-state index in [4.69, 9.17) is 24.3 Å². The fraction of sp³-hybridized carbons (Fsp3) is 0.750. The third-order valence-corrected chi connectivity index (χ3v) is 7.27. The number of rotatable bonds is 29. The van der Waals surface area contributed by atoms with Gasteiger partial charge in [0.2, 0.25) is 0 Å². The Balaban J connectivity index is 4.38. The predicted molar refractivity (Wildman–Crippen MR) is 169 cm³/mol. The topological polar surface area (TPSA) is 134 Å². The molecule has 0 heterocycles. The minimum atomic E-state index is -4.37. The monoisotopic (exact) mass is 615 g/mol. The zero-order valence-corrected chi connectivity index (χ0v) is 27.1. The van der Waals surface area contributed by atoms with Crippen molar-refractivity contribution in [3.05, 3.63) is 36.5 Å². The van der Waals surface area contributed by atoms with Crippen LogP contribution in [-0.2, 0) is 32.7 Å². The van der Waals surface area contributed by atoms with Gasteiger partial charge in [0.25, 0.3) is 0 Å². The van der Waals surface area contributed by atoms with Crippen molar-refractivity contribution in [3.8, 4) is 0 Å². The summed E-state index contributed by atoms with van der Waals surface area (Å²) in [6, 6.07) is 0. The number of ether oxygens (including phenoxy) is 2. The van der Waals surface area contributed by atoms with Gasteiger partial charge in [0, 0.05) is 19.4 Å². The normalized spacial score (nSPS) is 14.1. The van der Waals surface area contributed by atoms with Crippen LogP contribution < -0.4 is 5.73 Å². The molecule has 42 heavy (non-hydrogen) atoms. The maximum Gasteiger partial charge on any atom is 0.472 e. The van der Waals surface area contributed by atoms with Crippen LogP contribution in [-0.4, -0.2) is 49.3 Å². The van der Waals surface area contributed by atoms with Gasteiger partial charge >= 0.3 is 19.8 Å². The third kappa shape index (κ3) is 28.4. The summed E-state index contributed by atoms with van der Waals surface area (Å²) in [7, 11) is -4.37. The van der Waals surface area contributed by atoms with Crippen LogP contribution in [0.4, 0.5) is 0 Å². The van der Waals surface area contributed by atoms with E-state index < -0.39 is 32.5 Å². The highest BCUT2D eigenvalue weighted by atomic mass is 31.2. The van der Waals surface area contributed by atoms with Crippen molar-refractivity contribution >= 4 is 19.8 Å². The largest absolute Gasteiger partial charge is 0.472 e. The van der Waals surface area contributed by atoms with Gasteiger partial charge in [-0.1, -0.05) is 102 Å². The van der Waals surface area contributed by atoms with Crippen LogP contribution in [0.25, 0.3) is 0 Å². The van der Waals surface area contributed by atoms with Gasteiger partial charge in [-0.05, 0) is 44.9 Å². The first-order valence-corrected chi connectivity index (χ1v) is 17.5. The molecule has 0 radical (unpaired) electrons. The standard InChI is InChI=1S/C32H58NO8P/c1-3-5-7-9-11-13-14-15-16-17-19-21-23-25-32(35)41-30(29-40-42(36,37)39-27-26-33)28-38-31(34)24-22-20-18-12-10-8-6-4-2/h5,7,11,13,15-16,30H,3-4,6,8-10,12,14,17-29,33H2,1-2H3,(H,36,37)/b7-5-,13-11-,16-15-. The van der Waals surface area contributed by atoms with E-state index in [1.54, 1.807) is 0 Å². The van der Waals surface area contributed by atoms with Gasteiger partial charge in [0.15, 0.2) is 6.10 Å². The van der Waals surface area contributed by atoms with E-state index in [2.05, 4.69) is 50.3 Å². The number of nitrogens with two attached hydrogens (primary N) is 1. The number of esters is 2. The molecular formula is C32H58NO8P. The summed E-state index contributed by atoms with van der Waals surface area (Å²) < 4.78 is 32.4. The molecule has 244 valence electrons. The second kappa shape index (κ2) is 29.3. The molecule has 0 aliphatic carbocycles. The average Bonchev–Trinajstić information content (AvgIpc) is 2.97. The molecule has 0 rings (SSSR count). The molecule has 0 saturated heterocycles. The number of hydrogen-bond acceptors (Lipinski definition) is 8. The highest BCUT2D eigenvalue weighted by Gasteiger charge is 2.25. The van der Waals surface area contributed by atoms with Crippen molar-refractivity contribution in [2.75, 3.05) is 26.4 Å². The lowest BCUT2D eigenvalue weighted by molar-refractivity contribution is -0.161. The molecule has 0 aliphatic heterocycles. The molecule has 10 heteroatoms. The summed E-state index contributed by atoms with van der Waals surface area (Å²) in [5, 5.41) is 0. The molecule has 0 amide bonds. The van der Waals surface area contributed by atoms with Gasteiger partial charge in [-0.3, -0.25) is 18.6 Å². The average molecular weight is 616 g/mol. The van der Waals surface area contributed by atoms with Crippen LogP contribution in [0.15, 0.2) is 36.5 Å². The van der Waals surface area contributed by atoms with Crippen molar-refractivity contribution in [3.63, 3.8) is 0 Å². The maximum absolute atomic E-state index is 12.4. The Morgan fingerprint density at radius 1 is 0.738 bits per heavy atom. The van der Waals surface area contributed by atoms with Gasteiger partial charge in [-0.25, -0.2) is 4.57 Å². The van der Waals surface area contributed by atoms with E-state index in [0.717, 1.165) is 57.8 Å². The van der Waals surface area contributed by atoms with Gasteiger partial charge in [-0.15, -0.1) is 0 Å². The van der Waals surface area contributed by atoms with Crippen LogP contribution in [0.2, 0.25) is 0 Å². The minimum Gasteiger partial charge on any atom is -0.462 e. The molecule has 0 bridgehead atoms. The lowest BCUT2D eigenvalue weighted by Gasteiger charge is -2.19. The summed E-state index contributed by atoms with van der Waals surface area (Å²) in [5.41, 5.74) is 5.30. The first-order chi connectivity index (χ1) is 20.3. The number of phosphoric ester groups is 1. The van der Waals surface area contributed by atoms with Crippen molar-refractivity contribution in [1.29, 1.82) is 0 Å². The summed E-state index contributed by atoms with van der Waals surface area (Å²) in [5.74, 6) is -0.873. The van der Waals surface area contributed by atoms with Crippen molar-refractivity contribution in [2.24, 2.45) is 5.73 Å². The lowest BCUT2D eigenvalue weighted by Crippen LogP contribution is -2.29. The fourth-order valence-corrected chi connectivity index (χ4v) is 4.71. The number of phosphoric acid groups is 1. The summed E-state index contributed by atoms with van der Waals surface area (Å²) in [6.07, 6.45) is 27.7. The Bertz CT molecular complexity index is 799. The first-order valence-electron chi connectivity index (χ1n) is 16.0. The van der Waals surface area contributed by atoms with Gasteiger partial charge in [0.1, 0.15) is 6.61 Å². The first kappa shape index (κ1) is 40.2. The van der Waals surface area contributed by atoms with Crippen molar-refractivity contribution < 1.29 is 37.6 Å². The highest BCUT2D eigenvalue weighted by molar-refractivity contribution is 7.47. The van der Waals surface area contributed by atoms with E-state index in [-0.39, 0.29) is 32.6 Å². The van der Waals surface area contributed by atoms with E-state index >= 15 is 0 Å². The number of hydrogen-bond donors (Lipinski definition) is 2. The van der Waals surface area contributed by atoms with Crippen LogP contribution in [0.3, 0.4) is 0 Å². The number of unbranched alkanes of at least 4 members (excludes halogenated alkanes) is 10. The fourth-order valence-electron chi connectivity index (χ4n) is 3.94. The number of carbonyl (C=O) groups is 2. The molecule has 0 saturated carbocycles. The SMILES string of the molecule is CC/C=C\C/C=C\C/C=C\CCCCCC(=O)OC(COC(=O)CCCCCCCCCC)COP(=O)(O)OCCN. The number of allylic oxidation sites excluding steroid dienone is 6. The predicted octanol–water partition coefficient (Wildman–Crippen LogP) is 7.87. The van der Waals surface area contributed by atoms with Crippen LogP contribution in [0.1, 0.15) is 123 Å². The van der Waals surface area contributed by atoms with Gasteiger partial charge in [0.05, 0.1) is 13.2 Å². The van der Waals surface area contributed by atoms with Crippen molar-refractivity contribution in [1.82, 2.24) is 0 Å². The molecule has 2 unspecified atom stereocenters. The lowest BCUT2D eigenvalue weighted by atomic mass is 10.1. The maximum atomic E-state index is 12.4. The molecule has 0 aliphatic rings. The molecule has 0 aromatic carbocycles. The number of carbonyl (C=O) groups excluding carboxylic acids is 2. The quantitative estimate of drug-likeness (QED) is 0.0373. The van der Waals surface area contributed by atoms with E-state index in [9.17, 15) is 19.0 Å². The second-order valence-electron chi connectivity index (χ2n) is 10.3. The van der Waals surface area contributed by atoms with Crippen LogP contribution in [0, 0.1) is 0 Å². The Labute approximate surface area is 254 Å². The smallest absolute Gasteiger partial charge is 0.462 e. The summed E-state index contributed by atoms with van der Waals surface area (Å²) in [6.45, 7) is 3.50. The van der Waals surface area contributed by atoms with Crippen LogP contribution in [0.5, 0.6) is 0 Å². The molecular weight excluding hydrogens is 557 g/mol. The van der Waals surface area contributed by atoms with Crippen molar-refractivity contribution in [2.45, 2.75) is 129 Å². The zero-order valence-electron chi connectivity index (χ0n) is 26.2. The zero-order chi connectivity index (χ0) is 31.2. The summed E-state index contributed by atoms with van der Waals surface area (Å²) >= 11 is 0. The highest BCUT2D eigenvalue weighted by Crippen LogP contribution is 2.43. The van der Waals surface area contributed by atoms with E-state index in [1.165, 1.54) is 32.1 Å².